The molecule has 3 unspecified atom stereocenters. The molecule has 1 fully saturated rings. The number of carboxylic acids is 1. The van der Waals surface area contributed by atoms with E-state index in [1.807, 2.05) is 0 Å². The number of carboxylic acid groups (broad SMARTS) is 1. The van der Waals surface area contributed by atoms with Crippen LogP contribution < -0.4 is 0 Å². The lowest BCUT2D eigenvalue weighted by Crippen LogP contribution is -2.45. The van der Waals surface area contributed by atoms with E-state index in [1.54, 1.807) is 13.8 Å². The first-order valence-electron chi connectivity index (χ1n) is 13.1. The molecule has 0 amide bonds. The maximum Gasteiger partial charge on any atom is 0.416 e. The van der Waals surface area contributed by atoms with Gasteiger partial charge in [0.05, 0.1) is 16.5 Å². The van der Waals surface area contributed by atoms with E-state index in [2.05, 4.69) is 24.5 Å². The molecule has 1 aliphatic rings. The summed E-state index contributed by atoms with van der Waals surface area (Å²) in [6.07, 6.45) is -7.30. The Morgan fingerprint density at radius 1 is 0.923 bits per heavy atom. The van der Waals surface area contributed by atoms with E-state index in [0.717, 1.165) is 30.3 Å². The Bertz CT molecular complexity index is 1120. The van der Waals surface area contributed by atoms with Crippen molar-refractivity contribution >= 4 is 14.0 Å². The lowest BCUT2D eigenvalue weighted by molar-refractivity contribution is -0.152. The number of benzene rings is 2. The molecule has 1 saturated heterocycles. The molecule has 3 rings (SSSR count). The highest BCUT2D eigenvalue weighted by Gasteiger charge is 2.44. The quantitative estimate of drug-likeness (QED) is 0.253. The van der Waals surface area contributed by atoms with Gasteiger partial charge in [-0.2, -0.15) is 26.3 Å². The van der Waals surface area contributed by atoms with Gasteiger partial charge < -0.3 is 5.11 Å². The van der Waals surface area contributed by atoms with Crippen molar-refractivity contribution in [3.8, 4) is 0 Å². The highest BCUT2D eigenvalue weighted by Crippen LogP contribution is 2.47. The maximum atomic E-state index is 13.3. The molecule has 0 saturated carbocycles. The van der Waals surface area contributed by atoms with E-state index in [4.69, 9.17) is 0 Å². The van der Waals surface area contributed by atoms with E-state index in [1.165, 1.54) is 24.3 Å². The normalized spacial score (nSPS) is 20.6. The fraction of sp³-hybridized carbons (Fsp3) is 0.552. The van der Waals surface area contributed by atoms with Gasteiger partial charge in [0.1, 0.15) is 0 Å². The van der Waals surface area contributed by atoms with Gasteiger partial charge in [-0.05, 0) is 81.0 Å². The third-order valence-corrected chi connectivity index (χ3v) is 9.82. The van der Waals surface area contributed by atoms with E-state index >= 15 is 0 Å². The van der Waals surface area contributed by atoms with Crippen molar-refractivity contribution in [1.29, 1.82) is 0 Å². The molecule has 2 aromatic rings. The molecule has 0 spiro atoms. The Balaban J connectivity index is 2.07. The number of aliphatic carboxylic acids is 1. The summed E-state index contributed by atoms with van der Waals surface area (Å²) in [6.45, 7) is 10.4. The number of piperidine rings is 1. The predicted molar refractivity (Wildman–Crippen MR) is 142 cm³/mol. The van der Waals surface area contributed by atoms with Gasteiger partial charge in [0.25, 0.3) is 0 Å². The number of alkyl halides is 6. The molecule has 10 heteroatoms. The minimum atomic E-state index is -4.49. The fourth-order valence-corrected chi connectivity index (χ4v) is 6.54. The van der Waals surface area contributed by atoms with Gasteiger partial charge in [-0.25, -0.2) is 0 Å². The molecule has 3 nitrogen and oxygen atoms in total. The summed E-state index contributed by atoms with van der Waals surface area (Å²) in [5.74, 6) is -1.17. The highest BCUT2D eigenvalue weighted by atomic mass is 28.3. The first-order chi connectivity index (χ1) is 17.8. The molecular formula is C29H37F6NO2Si. The SMILES string of the molecule is CC(C)(C(=O)O)C1CCN(C(CC[Si](C)(C)C)c2ccc(C(F)(F)F)cc2)C(c2ccc(C(F)(F)F)cc2)C1. The summed E-state index contributed by atoms with van der Waals surface area (Å²) >= 11 is 0. The molecule has 2 aromatic carbocycles. The molecular weight excluding hydrogens is 536 g/mol. The third-order valence-electron chi connectivity index (χ3n) is 8.03. The largest absolute Gasteiger partial charge is 0.481 e. The number of hydrogen-bond donors (Lipinski definition) is 1. The van der Waals surface area contributed by atoms with Crippen LogP contribution in [0.5, 0.6) is 0 Å². The minimum Gasteiger partial charge on any atom is -0.481 e. The maximum absolute atomic E-state index is 13.3. The molecule has 3 atom stereocenters. The van der Waals surface area contributed by atoms with Crippen molar-refractivity contribution in [2.24, 2.45) is 11.3 Å². The molecule has 1 heterocycles. The van der Waals surface area contributed by atoms with Crippen LogP contribution in [0.2, 0.25) is 25.7 Å². The number of rotatable bonds is 8. The number of nitrogens with zero attached hydrogens (tertiary/aromatic N) is 1. The topological polar surface area (TPSA) is 40.5 Å². The van der Waals surface area contributed by atoms with Crippen LogP contribution in [0.25, 0.3) is 0 Å². The van der Waals surface area contributed by atoms with Crippen LogP contribution in [0.4, 0.5) is 26.3 Å². The molecule has 0 radical (unpaired) electrons. The van der Waals surface area contributed by atoms with Gasteiger partial charge in [-0.3, -0.25) is 9.69 Å². The highest BCUT2D eigenvalue weighted by molar-refractivity contribution is 6.76. The Morgan fingerprint density at radius 3 is 1.85 bits per heavy atom. The average Bonchev–Trinajstić information content (AvgIpc) is 2.82. The Labute approximate surface area is 227 Å². The summed E-state index contributed by atoms with van der Waals surface area (Å²) < 4.78 is 79.6. The second kappa shape index (κ2) is 11.3. The monoisotopic (exact) mass is 573 g/mol. The standard InChI is InChI=1S/C29H37F6NO2Si/c1-27(2,26(37)38)23-14-16-36(25(18-23)20-8-12-22(13-9-20)29(33,34)35)24(15-17-39(3,4)5)19-6-10-21(11-7-19)28(30,31)32/h6-13,23-25H,14-18H2,1-5H3,(H,37,38). The number of carbonyl (C=O) groups is 1. The average molecular weight is 574 g/mol. The van der Waals surface area contributed by atoms with Crippen LogP contribution in [0.15, 0.2) is 48.5 Å². The van der Waals surface area contributed by atoms with Gasteiger partial charge in [0.15, 0.2) is 0 Å². The van der Waals surface area contributed by atoms with Crippen LogP contribution in [0, 0.1) is 11.3 Å². The second-order valence-corrected chi connectivity index (χ2v) is 18.0. The lowest BCUT2D eigenvalue weighted by Gasteiger charge is -2.47. The van der Waals surface area contributed by atoms with Crippen molar-refractivity contribution < 1.29 is 36.2 Å². The smallest absolute Gasteiger partial charge is 0.416 e. The molecule has 0 aliphatic carbocycles. The zero-order valence-electron chi connectivity index (χ0n) is 23.0. The molecule has 1 aliphatic heterocycles. The number of hydrogen-bond acceptors (Lipinski definition) is 2. The van der Waals surface area contributed by atoms with Crippen LogP contribution in [-0.4, -0.2) is 30.6 Å². The van der Waals surface area contributed by atoms with Gasteiger partial charge in [-0.1, -0.05) is 50.0 Å². The van der Waals surface area contributed by atoms with Crippen LogP contribution in [0.3, 0.4) is 0 Å². The zero-order chi connectivity index (χ0) is 29.4. The van der Waals surface area contributed by atoms with E-state index in [0.29, 0.717) is 36.9 Å². The van der Waals surface area contributed by atoms with Crippen molar-refractivity contribution in [3.63, 3.8) is 0 Å². The number of halogens is 6. The third kappa shape index (κ3) is 7.66. The Kier molecular flexibility index (Phi) is 9.02. The van der Waals surface area contributed by atoms with Crippen molar-refractivity contribution in [2.75, 3.05) is 6.54 Å². The number of likely N-dealkylation sites (tertiary alicyclic amines) is 1. The van der Waals surface area contributed by atoms with Crippen molar-refractivity contribution in [1.82, 2.24) is 4.90 Å². The fourth-order valence-electron chi connectivity index (χ4n) is 5.40. The van der Waals surface area contributed by atoms with E-state index in [9.17, 15) is 36.2 Å². The minimum absolute atomic E-state index is 0.233. The van der Waals surface area contributed by atoms with Gasteiger partial charge in [-0.15, -0.1) is 0 Å². The summed E-state index contributed by atoms with van der Waals surface area (Å²) in [5, 5.41) is 9.87. The van der Waals surface area contributed by atoms with Gasteiger partial charge >= 0.3 is 18.3 Å². The first-order valence-corrected chi connectivity index (χ1v) is 16.8. The van der Waals surface area contributed by atoms with Gasteiger partial charge in [0.2, 0.25) is 0 Å². The van der Waals surface area contributed by atoms with Crippen LogP contribution in [-0.2, 0) is 17.1 Å². The first kappa shape index (κ1) is 31.2. The second-order valence-electron chi connectivity index (χ2n) is 12.4. The van der Waals surface area contributed by atoms with E-state index < -0.39 is 49.0 Å². The summed E-state index contributed by atoms with van der Waals surface area (Å²) in [5.41, 5.74) is -1.20. The Morgan fingerprint density at radius 2 is 1.41 bits per heavy atom. The summed E-state index contributed by atoms with van der Waals surface area (Å²) in [7, 11) is -1.55. The van der Waals surface area contributed by atoms with Crippen LogP contribution >= 0.6 is 0 Å². The molecule has 216 valence electrons. The molecule has 39 heavy (non-hydrogen) atoms. The molecule has 1 N–H and O–H groups in total. The summed E-state index contributed by atoms with van der Waals surface area (Å²) in [4.78, 5) is 14.2. The predicted octanol–water partition coefficient (Wildman–Crippen LogP) is 9.06. The Hall–Kier alpha value is -2.33. The molecule has 0 bridgehead atoms. The zero-order valence-corrected chi connectivity index (χ0v) is 24.0. The van der Waals surface area contributed by atoms with Crippen LogP contribution in [0.1, 0.15) is 67.4 Å². The lowest BCUT2D eigenvalue weighted by atomic mass is 9.70. The molecule has 0 aromatic heterocycles. The summed E-state index contributed by atoms with van der Waals surface area (Å²) in [6, 6.07) is 10.3. The van der Waals surface area contributed by atoms with E-state index in [-0.39, 0.29) is 12.0 Å². The van der Waals surface area contributed by atoms with Crippen molar-refractivity contribution in [2.45, 2.75) is 83.2 Å². The van der Waals surface area contributed by atoms with Gasteiger partial charge in [0, 0.05) is 20.2 Å². The van der Waals surface area contributed by atoms with Crippen molar-refractivity contribution in [3.05, 3.63) is 70.8 Å².